The molecule has 0 aliphatic carbocycles. The van der Waals surface area contributed by atoms with Crippen LogP contribution in [0.4, 0.5) is 14.5 Å². The van der Waals surface area contributed by atoms with Crippen molar-refractivity contribution in [2.75, 3.05) is 5.32 Å². The van der Waals surface area contributed by atoms with Gasteiger partial charge in [0.25, 0.3) is 0 Å². The number of aromatic nitrogens is 1. The molecule has 0 aliphatic rings. The van der Waals surface area contributed by atoms with Gasteiger partial charge in [0.05, 0.1) is 17.9 Å². The molecule has 0 bridgehead atoms. The molecule has 0 saturated carbocycles. The summed E-state index contributed by atoms with van der Waals surface area (Å²) in [5.74, 6) is -0.774. The molecule has 4 heteroatoms. The standard InChI is InChI=1S/C14H14F2N2/c1-2-13(10-4-3-5-11(15)8-10)18-12-6-7-14(16)17-9-12/h3-9,13,18H,2H2,1H3. The van der Waals surface area contributed by atoms with E-state index in [1.54, 1.807) is 12.1 Å². The fraction of sp³-hybridized carbons (Fsp3) is 0.214. The fourth-order valence-corrected chi connectivity index (χ4v) is 1.81. The third kappa shape index (κ3) is 3.03. The number of hydrogen-bond acceptors (Lipinski definition) is 2. The maximum Gasteiger partial charge on any atom is 0.212 e. The van der Waals surface area contributed by atoms with Crippen molar-refractivity contribution in [3.63, 3.8) is 0 Å². The molecule has 0 radical (unpaired) electrons. The molecule has 18 heavy (non-hydrogen) atoms. The van der Waals surface area contributed by atoms with Crippen LogP contribution in [0.5, 0.6) is 0 Å². The molecule has 0 fully saturated rings. The maximum absolute atomic E-state index is 13.2. The molecule has 1 unspecified atom stereocenters. The third-order valence-corrected chi connectivity index (χ3v) is 2.73. The Morgan fingerprint density at radius 2 is 2.06 bits per heavy atom. The van der Waals surface area contributed by atoms with Crippen LogP contribution in [-0.4, -0.2) is 4.98 Å². The number of pyridine rings is 1. The van der Waals surface area contributed by atoms with Crippen molar-refractivity contribution in [1.29, 1.82) is 0 Å². The van der Waals surface area contributed by atoms with E-state index in [0.29, 0.717) is 5.69 Å². The van der Waals surface area contributed by atoms with Crippen LogP contribution in [0.1, 0.15) is 24.9 Å². The predicted molar refractivity (Wildman–Crippen MR) is 67.2 cm³/mol. The van der Waals surface area contributed by atoms with Crippen molar-refractivity contribution in [3.05, 3.63) is 59.9 Å². The molecule has 2 aromatic rings. The van der Waals surface area contributed by atoms with E-state index in [1.807, 2.05) is 13.0 Å². The average Bonchev–Trinajstić information content (AvgIpc) is 2.38. The zero-order valence-electron chi connectivity index (χ0n) is 10.0. The molecule has 1 aromatic carbocycles. The lowest BCUT2D eigenvalue weighted by molar-refractivity contribution is 0.583. The summed E-state index contributed by atoms with van der Waals surface area (Å²) >= 11 is 0. The Labute approximate surface area is 105 Å². The second kappa shape index (κ2) is 5.58. The first-order chi connectivity index (χ1) is 8.69. The summed E-state index contributed by atoms with van der Waals surface area (Å²) < 4.78 is 25.9. The number of anilines is 1. The van der Waals surface area contributed by atoms with Crippen LogP contribution >= 0.6 is 0 Å². The van der Waals surface area contributed by atoms with E-state index in [1.165, 1.54) is 24.4 Å². The van der Waals surface area contributed by atoms with E-state index >= 15 is 0 Å². The molecule has 2 rings (SSSR count). The van der Waals surface area contributed by atoms with Gasteiger partial charge in [-0.15, -0.1) is 0 Å². The molecule has 94 valence electrons. The maximum atomic E-state index is 13.2. The van der Waals surface area contributed by atoms with Gasteiger partial charge in [-0.25, -0.2) is 9.37 Å². The number of benzene rings is 1. The summed E-state index contributed by atoms with van der Waals surface area (Å²) in [6, 6.07) is 9.34. The quantitative estimate of drug-likeness (QED) is 0.829. The SMILES string of the molecule is CCC(Nc1ccc(F)nc1)c1cccc(F)c1. The van der Waals surface area contributed by atoms with Gasteiger partial charge >= 0.3 is 0 Å². The lowest BCUT2D eigenvalue weighted by Gasteiger charge is -2.18. The number of nitrogens with zero attached hydrogens (tertiary/aromatic N) is 1. The molecule has 0 saturated heterocycles. The van der Waals surface area contributed by atoms with Crippen LogP contribution < -0.4 is 5.32 Å². The highest BCUT2D eigenvalue weighted by Crippen LogP contribution is 2.22. The predicted octanol–water partition coefficient (Wildman–Crippen LogP) is 3.92. The van der Waals surface area contributed by atoms with Gasteiger partial charge in [0.1, 0.15) is 5.82 Å². The molecule has 0 spiro atoms. The van der Waals surface area contributed by atoms with Crippen molar-refractivity contribution >= 4 is 5.69 Å². The Hall–Kier alpha value is -1.97. The Balaban J connectivity index is 2.17. The van der Waals surface area contributed by atoms with Gasteiger partial charge < -0.3 is 5.32 Å². The van der Waals surface area contributed by atoms with Crippen molar-refractivity contribution < 1.29 is 8.78 Å². The van der Waals surface area contributed by atoms with Crippen molar-refractivity contribution in [2.24, 2.45) is 0 Å². The van der Waals surface area contributed by atoms with Gasteiger partial charge in [-0.2, -0.15) is 4.39 Å². The van der Waals surface area contributed by atoms with Crippen molar-refractivity contribution in [2.45, 2.75) is 19.4 Å². The molecule has 0 amide bonds. The van der Waals surface area contributed by atoms with E-state index < -0.39 is 5.95 Å². The Bertz CT molecular complexity index is 511. The molecular formula is C14H14F2N2. The molecule has 1 heterocycles. The fourth-order valence-electron chi connectivity index (χ4n) is 1.81. The van der Waals surface area contributed by atoms with E-state index in [-0.39, 0.29) is 11.9 Å². The summed E-state index contributed by atoms with van der Waals surface area (Å²) in [6.45, 7) is 2.00. The first-order valence-corrected chi connectivity index (χ1v) is 5.82. The molecule has 1 aromatic heterocycles. The number of nitrogens with one attached hydrogen (secondary N) is 1. The average molecular weight is 248 g/mol. The largest absolute Gasteiger partial charge is 0.377 e. The molecular weight excluding hydrogens is 234 g/mol. The van der Waals surface area contributed by atoms with Gasteiger partial charge in [-0.05, 0) is 36.2 Å². The van der Waals surface area contributed by atoms with E-state index in [4.69, 9.17) is 0 Å². The highest BCUT2D eigenvalue weighted by atomic mass is 19.1. The van der Waals surface area contributed by atoms with Crippen molar-refractivity contribution in [3.8, 4) is 0 Å². The van der Waals surface area contributed by atoms with Crippen molar-refractivity contribution in [1.82, 2.24) is 4.98 Å². The number of halogens is 2. The van der Waals surface area contributed by atoms with Crippen LogP contribution in [0.2, 0.25) is 0 Å². The normalized spacial score (nSPS) is 12.2. The van der Waals surface area contributed by atoms with Crippen LogP contribution in [0.3, 0.4) is 0 Å². The lowest BCUT2D eigenvalue weighted by atomic mass is 10.0. The summed E-state index contributed by atoms with van der Waals surface area (Å²) in [5, 5.41) is 3.20. The highest BCUT2D eigenvalue weighted by Gasteiger charge is 2.09. The topological polar surface area (TPSA) is 24.9 Å². The molecule has 1 atom stereocenters. The minimum atomic E-state index is -0.514. The number of rotatable bonds is 4. The zero-order chi connectivity index (χ0) is 13.0. The number of hydrogen-bond donors (Lipinski definition) is 1. The minimum Gasteiger partial charge on any atom is -0.377 e. The molecule has 2 nitrogen and oxygen atoms in total. The van der Waals surface area contributed by atoms with E-state index in [9.17, 15) is 8.78 Å². The van der Waals surface area contributed by atoms with Crippen LogP contribution in [0.15, 0.2) is 42.6 Å². The molecule has 0 aliphatic heterocycles. The third-order valence-electron chi connectivity index (χ3n) is 2.73. The lowest BCUT2D eigenvalue weighted by Crippen LogP contribution is -2.10. The second-order valence-electron chi connectivity index (χ2n) is 4.03. The summed E-state index contributed by atoms with van der Waals surface area (Å²) in [6.07, 6.45) is 2.22. The molecule has 1 N–H and O–H groups in total. The second-order valence-corrected chi connectivity index (χ2v) is 4.03. The van der Waals surface area contributed by atoms with Gasteiger partial charge in [-0.3, -0.25) is 0 Å². The van der Waals surface area contributed by atoms with Gasteiger partial charge in [0.15, 0.2) is 0 Å². The van der Waals surface area contributed by atoms with Crippen LogP contribution in [0, 0.1) is 11.8 Å². The van der Waals surface area contributed by atoms with Gasteiger partial charge in [0, 0.05) is 0 Å². The highest BCUT2D eigenvalue weighted by molar-refractivity contribution is 5.43. The Morgan fingerprint density at radius 3 is 2.67 bits per heavy atom. The first-order valence-electron chi connectivity index (χ1n) is 5.82. The van der Waals surface area contributed by atoms with Gasteiger partial charge in [0.2, 0.25) is 5.95 Å². The first kappa shape index (κ1) is 12.5. The minimum absolute atomic E-state index is 0.0204. The van der Waals surface area contributed by atoms with E-state index in [2.05, 4.69) is 10.3 Å². The Kier molecular flexibility index (Phi) is 3.87. The van der Waals surface area contributed by atoms with Gasteiger partial charge in [-0.1, -0.05) is 19.1 Å². The summed E-state index contributed by atoms with van der Waals surface area (Å²) in [5.41, 5.74) is 1.58. The van der Waals surface area contributed by atoms with E-state index in [0.717, 1.165) is 12.0 Å². The zero-order valence-corrected chi connectivity index (χ0v) is 10.0. The smallest absolute Gasteiger partial charge is 0.212 e. The Morgan fingerprint density at radius 1 is 1.22 bits per heavy atom. The summed E-state index contributed by atoms with van der Waals surface area (Å²) in [7, 11) is 0. The monoisotopic (exact) mass is 248 g/mol. The van der Waals surface area contributed by atoms with Crippen LogP contribution in [-0.2, 0) is 0 Å². The summed E-state index contributed by atoms with van der Waals surface area (Å²) in [4.78, 5) is 3.57. The van der Waals surface area contributed by atoms with Crippen LogP contribution in [0.25, 0.3) is 0 Å².